The van der Waals surface area contributed by atoms with Crippen LogP contribution in [0.15, 0.2) is 224 Å². The van der Waals surface area contributed by atoms with Gasteiger partial charge in [0, 0.05) is 51.1 Å². The Bertz CT molecular complexity index is 3550. The number of benzene rings is 11. The summed E-state index contributed by atoms with van der Waals surface area (Å²) in [6.45, 7) is 4.09. The van der Waals surface area contributed by atoms with Crippen molar-refractivity contribution in [2.45, 2.75) is 13.8 Å². The van der Waals surface area contributed by atoms with Gasteiger partial charge in [0.25, 0.3) is 6.71 Å². The molecule has 0 atom stereocenters. The van der Waals surface area contributed by atoms with Gasteiger partial charge in [0.2, 0.25) is 0 Å². The van der Waals surface area contributed by atoms with Crippen LogP contribution < -0.4 is 35.7 Å². The highest BCUT2D eigenvalue weighted by molar-refractivity contribution is 7.01. The molecule has 0 aromatic heterocycles. The smallest absolute Gasteiger partial charge is 0.262 e. The minimum absolute atomic E-state index is 0.217. The summed E-state index contributed by atoms with van der Waals surface area (Å²) >= 11 is 0. The van der Waals surface area contributed by atoms with Crippen molar-refractivity contribution in [1.29, 1.82) is 0 Å². The Morgan fingerprint density at radius 1 is 0.328 bits per heavy atom. The molecular formula is C62H43BN2O2. The highest BCUT2D eigenvalue weighted by atomic mass is 16.5. The summed E-state index contributed by atoms with van der Waals surface area (Å²) < 4.78 is 14.8. The quantitative estimate of drug-likeness (QED) is 0.149. The minimum atomic E-state index is -0.217. The van der Waals surface area contributed by atoms with E-state index in [4.69, 9.17) is 9.47 Å². The van der Waals surface area contributed by atoms with Gasteiger partial charge in [-0.15, -0.1) is 0 Å². The van der Waals surface area contributed by atoms with Gasteiger partial charge in [-0.3, -0.25) is 0 Å². The maximum absolute atomic E-state index is 7.39. The second-order valence-electron chi connectivity index (χ2n) is 17.8. The fourth-order valence-electron chi connectivity index (χ4n) is 10.7. The van der Waals surface area contributed by atoms with E-state index in [0.29, 0.717) is 0 Å². The van der Waals surface area contributed by atoms with E-state index in [1.165, 1.54) is 21.9 Å². The molecule has 0 saturated heterocycles. The Balaban J connectivity index is 1.12. The second kappa shape index (κ2) is 15.6. The fraction of sp³-hybridized carbons (Fsp3) is 0.0323. The lowest BCUT2D eigenvalue weighted by molar-refractivity contribution is 0.466. The van der Waals surface area contributed by atoms with Gasteiger partial charge < -0.3 is 19.3 Å². The summed E-state index contributed by atoms with van der Waals surface area (Å²) in [5.74, 6) is 3.25. The first-order valence-electron chi connectivity index (χ1n) is 23.0. The minimum Gasteiger partial charge on any atom is -0.458 e. The molecule has 2 aliphatic heterocycles. The van der Waals surface area contributed by atoms with Crippen LogP contribution in [0.5, 0.6) is 23.0 Å². The zero-order valence-corrected chi connectivity index (χ0v) is 37.2. The van der Waals surface area contributed by atoms with Gasteiger partial charge in [0.15, 0.2) is 0 Å². The van der Waals surface area contributed by atoms with Gasteiger partial charge in [-0.05, 0) is 129 Å². The van der Waals surface area contributed by atoms with Crippen molar-refractivity contribution in [3.05, 3.63) is 236 Å². The number of hydrogen-bond acceptors (Lipinski definition) is 4. The predicted molar refractivity (Wildman–Crippen MR) is 281 cm³/mol. The van der Waals surface area contributed by atoms with Crippen LogP contribution in [0.25, 0.3) is 43.4 Å². The Morgan fingerprint density at radius 3 is 1.24 bits per heavy atom. The van der Waals surface area contributed by atoms with E-state index >= 15 is 0 Å². The number of hydrogen-bond donors (Lipinski definition) is 0. The molecule has 11 aromatic carbocycles. The van der Waals surface area contributed by atoms with Gasteiger partial charge >= 0.3 is 0 Å². The largest absolute Gasteiger partial charge is 0.458 e. The van der Waals surface area contributed by atoms with Gasteiger partial charge in [-0.2, -0.15) is 0 Å². The zero-order valence-electron chi connectivity index (χ0n) is 37.2. The summed E-state index contributed by atoms with van der Waals surface area (Å²) in [7, 11) is 0. The van der Waals surface area contributed by atoms with Crippen molar-refractivity contribution >= 4 is 89.5 Å². The molecule has 0 amide bonds. The molecule has 13 rings (SSSR count). The van der Waals surface area contributed by atoms with Crippen molar-refractivity contribution in [3.8, 4) is 34.1 Å². The summed E-state index contributed by atoms with van der Waals surface area (Å²) in [5, 5.41) is 6.90. The number of aryl methyl sites for hydroxylation is 2. The maximum atomic E-state index is 7.39. The molecule has 2 aliphatic rings. The van der Waals surface area contributed by atoms with Crippen LogP contribution in [0.2, 0.25) is 0 Å². The first kappa shape index (κ1) is 38.9. The monoisotopic (exact) mass is 858 g/mol. The second-order valence-corrected chi connectivity index (χ2v) is 17.8. The topological polar surface area (TPSA) is 24.9 Å². The Hall–Kier alpha value is -8.54. The van der Waals surface area contributed by atoms with Crippen LogP contribution in [0.4, 0.5) is 34.1 Å². The third kappa shape index (κ3) is 6.38. The molecule has 0 radical (unpaired) electrons. The molecule has 316 valence electrons. The molecule has 0 spiro atoms. The van der Waals surface area contributed by atoms with Crippen LogP contribution in [0.3, 0.4) is 0 Å². The summed E-state index contributed by atoms with van der Waals surface area (Å²) in [6.07, 6.45) is 0. The SMILES string of the molecule is Cc1cccc(N(c2ccccc2)c2cc3c(c4ccccc24)B2c4c(cc(-c5cccc6ccccc56)cc4Oc4cc(N(c5ccccc5)c5cccc(C)c5)c5ccccc5c42)O3)c1. The molecule has 2 heterocycles. The molecule has 0 aliphatic carbocycles. The zero-order chi connectivity index (χ0) is 44.6. The molecule has 11 aromatic rings. The first-order valence-corrected chi connectivity index (χ1v) is 23.0. The van der Waals surface area contributed by atoms with Crippen LogP contribution >= 0.6 is 0 Å². The summed E-state index contributed by atoms with van der Waals surface area (Å²) in [6, 6.07) is 80.7. The van der Waals surface area contributed by atoms with E-state index in [9.17, 15) is 0 Å². The number of anilines is 6. The molecule has 0 fully saturated rings. The number of ether oxygens (including phenoxy) is 2. The van der Waals surface area contributed by atoms with Crippen LogP contribution in [0, 0.1) is 13.8 Å². The highest BCUT2D eigenvalue weighted by Crippen LogP contribution is 2.48. The van der Waals surface area contributed by atoms with E-state index < -0.39 is 0 Å². The molecule has 0 bridgehead atoms. The van der Waals surface area contributed by atoms with Crippen LogP contribution in [-0.2, 0) is 0 Å². The maximum Gasteiger partial charge on any atom is 0.262 e. The first-order chi connectivity index (χ1) is 33.1. The summed E-state index contributed by atoms with van der Waals surface area (Å²) in [5.41, 5.74) is 14.2. The fourth-order valence-corrected chi connectivity index (χ4v) is 10.7. The Kier molecular flexibility index (Phi) is 9.04. The van der Waals surface area contributed by atoms with E-state index in [1.54, 1.807) is 0 Å². The standard InChI is InChI=1S/C62H43BN2O2/c1-40-18-15-26-46(34-40)64(44-22-5-3-6-23-44)54-38-58-60(52-31-13-11-29-50(52)54)63-61-53-32-14-12-30-51(53)55(65(45-24-7-4-8-25-45)47-27-16-19-41(2)35-47)39-59(61)67-57-37-43(36-56(66-58)62(57)63)49-33-17-21-42-20-9-10-28-48(42)49/h3-39H,1-2H3. The predicted octanol–water partition coefficient (Wildman–Crippen LogP) is 15.1. The molecule has 0 saturated carbocycles. The van der Waals surface area contributed by atoms with Crippen LogP contribution in [0.1, 0.15) is 11.1 Å². The average molecular weight is 859 g/mol. The average Bonchev–Trinajstić information content (AvgIpc) is 3.37. The number of para-hydroxylation sites is 2. The normalized spacial score (nSPS) is 12.2. The van der Waals surface area contributed by atoms with Crippen molar-refractivity contribution in [3.63, 3.8) is 0 Å². The lowest BCUT2D eigenvalue weighted by Crippen LogP contribution is -2.58. The lowest BCUT2D eigenvalue weighted by Gasteiger charge is -2.37. The third-order valence-corrected chi connectivity index (χ3v) is 13.6. The van der Waals surface area contributed by atoms with Gasteiger partial charge in [0.1, 0.15) is 23.0 Å². The van der Waals surface area contributed by atoms with Crippen molar-refractivity contribution < 1.29 is 9.47 Å². The molecule has 5 heteroatoms. The van der Waals surface area contributed by atoms with E-state index in [-0.39, 0.29) is 6.71 Å². The number of nitrogens with zero attached hydrogens (tertiary/aromatic N) is 2. The molecule has 0 N–H and O–H groups in total. The van der Waals surface area contributed by atoms with Crippen LogP contribution in [-0.4, -0.2) is 6.71 Å². The van der Waals surface area contributed by atoms with Crippen molar-refractivity contribution in [2.24, 2.45) is 0 Å². The van der Waals surface area contributed by atoms with Gasteiger partial charge in [-0.25, -0.2) is 0 Å². The van der Waals surface area contributed by atoms with Crippen molar-refractivity contribution in [2.75, 3.05) is 9.80 Å². The molecule has 4 nitrogen and oxygen atoms in total. The Morgan fingerprint density at radius 2 is 0.731 bits per heavy atom. The number of fused-ring (bicyclic) bond motifs is 9. The molecular weight excluding hydrogens is 816 g/mol. The number of rotatable bonds is 7. The Labute approximate surface area is 390 Å². The molecule has 67 heavy (non-hydrogen) atoms. The third-order valence-electron chi connectivity index (χ3n) is 13.6. The van der Waals surface area contributed by atoms with E-state index in [0.717, 1.165) is 106 Å². The lowest BCUT2D eigenvalue weighted by atomic mass is 9.33. The van der Waals surface area contributed by atoms with Crippen molar-refractivity contribution in [1.82, 2.24) is 0 Å². The highest BCUT2D eigenvalue weighted by Gasteiger charge is 2.44. The van der Waals surface area contributed by atoms with E-state index in [1.807, 2.05) is 0 Å². The summed E-state index contributed by atoms with van der Waals surface area (Å²) in [4.78, 5) is 4.74. The van der Waals surface area contributed by atoms with Gasteiger partial charge in [0.05, 0.1) is 11.4 Å². The van der Waals surface area contributed by atoms with E-state index in [2.05, 4.69) is 248 Å². The molecule has 0 unspecified atom stereocenters. The van der Waals surface area contributed by atoms with Gasteiger partial charge in [-0.1, -0.05) is 152 Å².